The van der Waals surface area contributed by atoms with Crippen LogP contribution < -0.4 is 4.90 Å². The van der Waals surface area contributed by atoms with Crippen LogP contribution in [0.5, 0.6) is 0 Å². The minimum Gasteiger partial charge on any atom is -0.326 e. The van der Waals surface area contributed by atoms with E-state index in [1.807, 2.05) is 0 Å². The number of nitrogens with zero attached hydrogens (tertiary/aromatic N) is 3. The van der Waals surface area contributed by atoms with Crippen molar-refractivity contribution < 1.29 is 0 Å². The fourth-order valence-electron chi connectivity index (χ4n) is 4.46. The molecule has 0 unspecified atom stereocenters. The quantitative estimate of drug-likeness (QED) is 0.315. The zero-order chi connectivity index (χ0) is 20.7. The van der Waals surface area contributed by atoms with Crippen LogP contribution in [0, 0.1) is 6.92 Å². The highest BCUT2D eigenvalue weighted by Gasteiger charge is 2.21. The average molecular weight is 434 g/mol. The highest BCUT2D eigenvalue weighted by atomic mass is 35.5. The van der Waals surface area contributed by atoms with Gasteiger partial charge in [0.2, 0.25) is 5.28 Å². The first-order valence-electron chi connectivity index (χ1n) is 10.5. The van der Waals surface area contributed by atoms with Crippen molar-refractivity contribution in [2.24, 2.45) is 0 Å². The van der Waals surface area contributed by atoms with E-state index < -0.39 is 0 Å². The third-order valence-electron chi connectivity index (χ3n) is 5.93. The van der Waals surface area contributed by atoms with Gasteiger partial charge in [-0.25, -0.2) is 4.98 Å². The number of hydrogen-bond acceptors (Lipinski definition) is 4. The van der Waals surface area contributed by atoms with Gasteiger partial charge in [0, 0.05) is 23.2 Å². The molecule has 0 saturated carbocycles. The lowest BCUT2D eigenvalue weighted by Crippen LogP contribution is -2.18. The van der Waals surface area contributed by atoms with E-state index in [4.69, 9.17) is 16.6 Å². The number of fused-ring (bicyclic) bond motifs is 2. The molecule has 2 aromatic heterocycles. The molecule has 30 heavy (non-hydrogen) atoms. The van der Waals surface area contributed by atoms with Gasteiger partial charge in [-0.3, -0.25) is 0 Å². The Balaban J connectivity index is 1.70. The molecule has 1 aliphatic carbocycles. The fourth-order valence-corrected chi connectivity index (χ4v) is 5.61. The van der Waals surface area contributed by atoms with Crippen molar-refractivity contribution in [1.29, 1.82) is 0 Å². The zero-order valence-corrected chi connectivity index (χ0v) is 18.9. The summed E-state index contributed by atoms with van der Waals surface area (Å²) in [5.41, 5.74) is 7.77. The molecular weight excluding hydrogens is 410 g/mol. The largest absolute Gasteiger partial charge is 0.326 e. The Morgan fingerprint density at radius 2 is 1.87 bits per heavy atom. The topological polar surface area (TPSA) is 29.0 Å². The van der Waals surface area contributed by atoms with Crippen molar-refractivity contribution in [2.45, 2.75) is 39.5 Å². The molecule has 0 bridgehead atoms. The molecular formula is C25H24ClN3S. The monoisotopic (exact) mass is 433 g/mol. The maximum Gasteiger partial charge on any atom is 0.225 e. The number of rotatable bonds is 4. The molecule has 0 aliphatic heterocycles. The van der Waals surface area contributed by atoms with E-state index in [1.165, 1.54) is 53.5 Å². The molecule has 5 rings (SSSR count). The van der Waals surface area contributed by atoms with Gasteiger partial charge in [0.15, 0.2) is 0 Å². The van der Waals surface area contributed by atoms with Gasteiger partial charge in [0.05, 0.1) is 5.39 Å². The molecule has 1 aliphatic rings. The lowest BCUT2D eigenvalue weighted by Gasteiger charge is -2.24. The van der Waals surface area contributed by atoms with Crippen LogP contribution in [0.2, 0.25) is 5.28 Å². The van der Waals surface area contributed by atoms with Crippen LogP contribution in [0.25, 0.3) is 21.3 Å². The van der Waals surface area contributed by atoms with Gasteiger partial charge in [-0.05, 0) is 85.5 Å². The van der Waals surface area contributed by atoms with Gasteiger partial charge < -0.3 is 4.90 Å². The van der Waals surface area contributed by atoms with Gasteiger partial charge in [0.1, 0.15) is 10.6 Å². The number of benzene rings is 2. The van der Waals surface area contributed by atoms with Crippen LogP contribution in [0.4, 0.5) is 11.5 Å². The second-order valence-electron chi connectivity index (χ2n) is 7.92. The number of aryl methyl sites for hydroxylation is 3. The first-order valence-corrected chi connectivity index (χ1v) is 11.8. The molecule has 2 aromatic carbocycles. The third kappa shape index (κ3) is 3.48. The predicted molar refractivity (Wildman–Crippen MR) is 128 cm³/mol. The first kappa shape index (κ1) is 19.5. The maximum atomic E-state index is 6.35. The Bertz CT molecular complexity index is 1230. The third-order valence-corrected chi connectivity index (χ3v) is 6.97. The van der Waals surface area contributed by atoms with E-state index in [9.17, 15) is 0 Å². The van der Waals surface area contributed by atoms with Crippen LogP contribution in [0.1, 0.15) is 36.5 Å². The summed E-state index contributed by atoms with van der Waals surface area (Å²) < 4.78 is 0. The van der Waals surface area contributed by atoms with Crippen molar-refractivity contribution in [3.05, 3.63) is 69.8 Å². The van der Waals surface area contributed by atoms with E-state index in [0.29, 0.717) is 5.28 Å². The normalized spacial score (nSPS) is 13.4. The van der Waals surface area contributed by atoms with Gasteiger partial charge in [0.25, 0.3) is 0 Å². The number of hydrogen-bond donors (Lipinski definition) is 0. The van der Waals surface area contributed by atoms with E-state index in [-0.39, 0.29) is 0 Å². The Morgan fingerprint density at radius 1 is 1.03 bits per heavy atom. The average Bonchev–Trinajstić information content (AvgIpc) is 3.18. The first-order chi connectivity index (χ1) is 14.6. The van der Waals surface area contributed by atoms with E-state index in [1.54, 1.807) is 11.3 Å². The van der Waals surface area contributed by atoms with Gasteiger partial charge >= 0.3 is 0 Å². The minimum atomic E-state index is 0.294. The summed E-state index contributed by atoms with van der Waals surface area (Å²) in [7, 11) is 0. The summed E-state index contributed by atoms with van der Waals surface area (Å²) >= 11 is 7.99. The molecule has 2 heterocycles. The van der Waals surface area contributed by atoms with Gasteiger partial charge in [-0.1, -0.05) is 30.3 Å². The number of aromatic nitrogens is 2. The van der Waals surface area contributed by atoms with E-state index >= 15 is 0 Å². The van der Waals surface area contributed by atoms with Crippen LogP contribution in [-0.4, -0.2) is 16.5 Å². The number of anilines is 2. The Morgan fingerprint density at radius 3 is 2.67 bits per heavy atom. The number of thiophene rings is 1. The molecule has 0 fully saturated rings. The lowest BCUT2D eigenvalue weighted by atomic mass is 9.89. The van der Waals surface area contributed by atoms with Crippen molar-refractivity contribution in [1.82, 2.24) is 9.97 Å². The summed E-state index contributed by atoms with van der Waals surface area (Å²) in [5, 5.41) is 3.58. The van der Waals surface area contributed by atoms with Crippen molar-refractivity contribution in [3.8, 4) is 11.1 Å². The summed E-state index contributed by atoms with van der Waals surface area (Å²) in [4.78, 5) is 12.4. The Kier molecular flexibility index (Phi) is 5.21. The SMILES string of the molecule is CCN(c1cccc(C)c1)c1nc(Cl)nc2scc(-c3ccc4c(c3)CCCC4)c12. The standard InChI is InChI=1S/C25H24ClN3S/c1-3-29(20-10-6-7-16(2)13-20)23-22-21(15-30-24(22)28-25(26)27-23)19-12-11-17-8-4-5-9-18(17)14-19/h6-7,10-15H,3-5,8-9H2,1-2H3. The van der Waals surface area contributed by atoms with Crippen LogP contribution in [-0.2, 0) is 12.8 Å². The molecule has 0 saturated heterocycles. The molecule has 0 amide bonds. The molecule has 0 spiro atoms. The summed E-state index contributed by atoms with van der Waals surface area (Å²) in [6, 6.07) is 15.5. The molecule has 4 aromatic rings. The highest BCUT2D eigenvalue weighted by Crippen LogP contribution is 2.41. The van der Waals surface area contributed by atoms with Crippen molar-refractivity contribution in [2.75, 3.05) is 11.4 Å². The fraction of sp³-hybridized carbons (Fsp3) is 0.280. The van der Waals surface area contributed by atoms with Crippen LogP contribution in [0.15, 0.2) is 47.8 Å². The second kappa shape index (κ2) is 8.01. The summed E-state index contributed by atoms with van der Waals surface area (Å²) in [6.07, 6.45) is 4.94. The zero-order valence-electron chi connectivity index (χ0n) is 17.3. The van der Waals surface area contributed by atoms with E-state index in [2.05, 4.69) is 71.6 Å². The Hall–Kier alpha value is -2.43. The molecule has 0 atom stereocenters. The summed E-state index contributed by atoms with van der Waals surface area (Å²) in [5.74, 6) is 0.882. The second-order valence-corrected chi connectivity index (χ2v) is 9.12. The maximum absolute atomic E-state index is 6.35. The van der Waals surface area contributed by atoms with Crippen molar-refractivity contribution >= 4 is 44.7 Å². The molecule has 0 N–H and O–H groups in total. The van der Waals surface area contributed by atoms with Gasteiger partial charge in [-0.15, -0.1) is 11.3 Å². The minimum absolute atomic E-state index is 0.294. The predicted octanol–water partition coefficient (Wildman–Crippen LogP) is 7.36. The summed E-state index contributed by atoms with van der Waals surface area (Å²) in [6.45, 7) is 5.06. The number of halogens is 1. The van der Waals surface area contributed by atoms with Gasteiger partial charge in [-0.2, -0.15) is 4.98 Å². The molecule has 152 valence electrons. The molecule has 3 nitrogen and oxygen atoms in total. The highest BCUT2D eigenvalue weighted by molar-refractivity contribution is 7.17. The van der Waals surface area contributed by atoms with Crippen molar-refractivity contribution in [3.63, 3.8) is 0 Å². The van der Waals surface area contributed by atoms with E-state index in [0.717, 1.165) is 28.3 Å². The molecule has 0 radical (unpaired) electrons. The van der Waals surface area contributed by atoms with Crippen LogP contribution in [0.3, 0.4) is 0 Å². The Labute approximate surface area is 186 Å². The van der Waals surface area contributed by atoms with Crippen LogP contribution >= 0.6 is 22.9 Å². The molecule has 5 heteroatoms. The smallest absolute Gasteiger partial charge is 0.225 e. The lowest BCUT2D eigenvalue weighted by molar-refractivity contribution is 0.686.